The van der Waals surface area contributed by atoms with Crippen molar-refractivity contribution in [3.8, 4) is 10.6 Å². The number of hydrogen-bond acceptors (Lipinski definition) is 8. The molecule has 0 bridgehead atoms. The molecule has 4 rings (SSSR count). The van der Waals surface area contributed by atoms with Crippen LogP contribution in [0.5, 0.6) is 0 Å². The number of ketones is 1. The van der Waals surface area contributed by atoms with Crippen molar-refractivity contribution >= 4 is 40.0 Å². The number of anilines is 3. The number of aryl methyl sites for hydroxylation is 1. The quantitative estimate of drug-likeness (QED) is 0.631. The number of nitrogens with zero attached hydrogens (tertiary/aromatic N) is 4. The summed E-state index contributed by atoms with van der Waals surface area (Å²) < 4.78 is 5.09. The molecule has 1 aromatic carbocycles. The van der Waals surface area contributed by atoms with Gasteiger partial charge in [0, 0.05) is 17.4 Å². The Hall–Kier alpha value is -3.33. The van der Waals surface area contributed by atoms with Gasteiger partial charge in [-0.15, -0.1) is 0 Å². The van der Waals surface area contributed by atoms with Crippen LogP contribution in [-0.2, 0) is 4.74 Å². The first-order valence-electron chi connectivity index (χ1n) is 9.07. The molecule has 1 fully saturated rings. The minimum atomic E-state index is -0.381. The van der Waals surface area contributed by atoms with E-state index in [9.17, 15) is 9.59 Å². The van der Waals surface area contributed by atoms with Crippen molar-refractivity contribution < 1.29 is 14.3 Å². The second-order valence-electron chi connectivity index (χ2n) is 6.73. The van der Waals surface area contributed by atoms with Crippen LogP contribution in [0.4, 0.5) is 21.6 Å². The molecule has 0 spiro atoms. The highest BCUT2D eigenvalue weighted by Crippen LogP contribution is 2.36. The Morgan fingerprint density at radius 2 is 2.14 bits per heavy atom. The number of amides is 1. The summed E-state index contributed by atoms with van der Waals surface area (Å²) in [6.07, 6.45) is 1.28. The van der Waals surface area contributed by atoms with Crippen LogP contribution in [0.25, 0.3) is 10.6 Å². The average Bonchev–Trinajstić information content (AvgIpc) is 3.23. The maximum absolute atomic E-state index is 12.0. The molecule has 1 N–H and O–H groups in total. The first kappa shape index (κ1) is 19.0. The molecule has 0 saturated carbocycles. The minimum Gasteiger partial charge on any atom is -0.447 e. The van der Waals surface area contributed by atoms with Crippen LogP contribution in [0.3, 0.4) is 0 Å². The van der Waals surface area contributed by atoms with E-state index in [0.29, 0.717) is 28.9 Å². The Balaban J connectivity index is 1.62. The Morgan fingerprint density at radius 1 is 1.31 bits per heavy atom. The van der Waals surface area contributed by atoms with E-state index < -0.39 is 0 Å². The summed E-state index contributed by atoms with van der Waals surface area (Å²) in [4.78, 5) is 39.4. The normalized spacial score (nSPS) is 16.0. The van der Waals surface area contributed by atoms with Gasteiger partial charge >= 0.3 is 6.09 Å². The molecule has 148 valence electrons. The number of carbonyl (C=O) groups is 2. The Labute approximate surface area is 171 Å². The van der Waals surface area contributed by atoms with Crippen LogP contribution in [0.1, 0.15) is 29.9 Å². The van der Waals surface area contributed by atoms with Gasteiger partial charge in [-0.2, -0.15) is 0 Å². The van der Waals surface area contributed by atoms with Crippen molar-refractivity contribution in [3.05, 3.63) is 47.8 Å². The number of benzene rings is 1. The van der Waals surface area contributed by atoms with Crippen LogP contribution in [0.2, 0.25) is 0 Å². The van der Waals surface area contributed by atoms with Gasteiger partial charge in [0.05, 0.1) is 22.3 Å². The first-order chi connectivity index (χ1) is 13.9. The monoisotopic (exact) mass is 409 g/mol. The van der Waals surface area contributed by atoms with Crippen molar-refractivity contribution in [3.63, 3.8) is 0 Å². The molecule has 0 aliphatic carbocycles. The molecule has 3 heterocycles. The van der Waals surface area contributed by atoms with Gasteiger partial charge in [0.2, 0.25) is 5.95 Å². The summed E-state index contributed by atoms with van der Waals surface area (Å²) in [6, 6.07) is 8.91. The zero-order chi connectivity index (χ0) is 20.5. The third-order valence-electron chi connectivity index (χ3n) is 4.49. The summed E-state index contributed by atoms with van der Waals surface area (Å²) in [5.41, 5.74) is 2.82. The third kappa shape index (κ3) is 3.81. The molecule has 0 radical (unpaired) electrons. The lowest BCUT2D eigenvalue weighted by Gasteiger charge is -2.13. The van der Waals surface area contributed by atoms with Crippen LogP contribution in [-0.4, -0.2) is 39.5 Å². The highest BCUT2D eigenvalue weighted by molar-refractivity contribution is 7.19. The zero-order valence-corrected chi connectivity index (χ0v) is 17.0. The molecule has 1 aliphatic rings. The average molecular weight is 409 g/mol. The lowest BCUT2D eigenvalue weighted by atomic mass is 10.1. The van der Waals surface area contributed by atoms with Gasteiger partial charge in [0.15, 0.2) is 10.9 Å². The predicted molar refractivity (Wildman–Crippen MR) is 111 cm³/mol. The van der Waals surface area contributed by atoms with Gasteiger partial charge in [-0.1, -0.05) is 23.5 Å². The van der Waals surface area contributed by atoms with E-state index >= 15 is 0 Å². The summed E-state index contributed by atoms with van der Waals surface area (Å²) in [7, 11) is 0. The summed E-state index contributed by atoms with van der Waals surface area (Å²) in [5.74, 6) is 0.400. The first-order valence-corrected chi connectivity index (χ1v) is 9.89. The zero-order valence-electron chi connectivity index (χ0n) is 16.2. The molecular formula is C20H19N5O3S. The highest BCUT2D eigenvalue weighted by Gasteiger charge is 2.33. The van der Waals surface area contributed by atoms with E-state index in [1.54, 1.807) is 35.4 Å². The number of rotatable bonds is 5. The van der Waals surface area contributed by atoms with Crippen LogP contribution in [0, 0.1) is 6.92 Å². The maximum Gasteiger partial charge on any atom is 0.416 e. The third-order valence-corrected chi connectivity index (χ3v) is 5.67. The molecule has 8 nitrogen and oxygen atoms in total. The smallest absolute Gasteiger partial charge is 0.416 e. The standard InChI is InChI=1S/C20H19N5O3S/c1-11-10-28-20(27)25(11)19-22-12(2)17(29-19)16-7-8-21-18(24-16)23-15-6-4-5-14(9-15)13(3)26/h4-9,11H,10H2,1-3H3,(H,21,23,24). The van der Waals surface area contributed by atoms with Gasteiger partial charge < -0.3 is 10.1 Å². The van der Waals surface area contributed by atoms with Crippen molar-refractivity contribution in [1.82, 2.24) is 15.0 Å². The molecule has 2 aromatic heterocycles. The van der Waals surface area contributed by atoms with Gasteiger partial charge in [0.25, 0.3) is 0 Å². The number of aromatic nitrogens is 3. The number of Topliss-reactive ketones (excluding diaryl/α,β-unsaturated/α-hetero) is 1. The van der Waals surface area contributed by atoms with Gasteiger partial charge in [-0.25, -0.2) is 24.6 Å². The fourth-order valence-electron chi connectivity index (χ4n) is 3.00. The number of thiazole rings is 1. The topological polar surface area (TPSA) is 97.3 Å². The molecule has 1 unspecified atom stereocenters. The lowest BCUT2D eigenvalue weighted by Crippen LogP contribution is -2.30. The van der Waals surface area contributed by atoms with E-state index in [0.717, 1.165) is 16.3 Å². The molecule has 1 aliphatic heterocycles. The Kier molecular flexibility index (Phi) is 4.98. The van der Waals surface area contributed by atoms with Crippen molar-refractivity contribution in [2.45, 2.75) is 26.8 Å². The summed E-state index contributed by atoms with van der Waals surface area (Å²) in [5, 5.41) is 3.72. The number of cyclic esters (lactones) is 1. The summed E-state index contributed by atoms with van der Waals surface area (Å²) >= 11 is 1.39. The van der Waals surface area contributed by atoms with Gasteiger partial charge in [-0.05, 0) is 39.0 Å². The Bertz CT molecular complexity index is 1100. The number of hydrogen-bond donors (Lipinski definition) is 1. The minimum absolute atomic E-state index is 0.00852. The Morgan fingerprint density at radius 3 is 2.86 bits per heavy atom. The van der Waals surface area contributed by atoms with Crippen molar-refractivity contribution in [2.24, 2.45) is 0 Å². The highest BCUT2D eigenvalue weighted by atomic mass is 32.1. The van der Waals surface area contributed by atoms with Crippen molar-refractivity contribution in [1.29, 1.82) is 0 Å². The summed E-state index contributed by atoms with van der Waals surface area (Å²) in [6.45, 7) is 5.68. The predicted octanol–water partition coefficient (Wildman–Crippen LogP) is 4.20. The molecule has 29 heavy (non-hydrogen) atoms. The van der Waals surface area contributed by atoms with Crippen LogP contribution < -0.4 is 10.2 Å². The number of ether oxygens (including phenoxy) is 1. The molecule has 1 atom stereocenters. The molecule has 3 aromatic rings. The second kappa shape index (κ2) is 7.59. The van der Waals surface area contributed by atoms with E-state index in [1.165, 1.54) is 18.3 Å². The largest absolute Gasteiger partial charge is 0.447 e. The van der Waals surface area contributed by atoms with E-state index in [-0.39, 0.29) is 17.9 Å². The van der Waals surface area contributed by atoms with E-state index in [1.807, 2.05) is 19.9 Å². The van der Waals surface area contributed by atoms with Crippen molar-refractivity contribution in [2.75, 3.05) is 16.8 Å². The number of carbonyl (C=O) groups excluding carboxylic acids is 2. The molecule has 9 heteroatoms. The molecule has 1 saturated heterocycles. The van der Waals surface area contributed by atoms with Crippen LogP contribution in [0.15, 0.2) is 36.5 Å². The fourth-order valence-corrected chi connectivity index (χ4v) is 4.13. The van der Waals surface area contributed by atoms with Crippen LogP contribution >= 0.6 is 11.3 Å². The van der Waals surface area contributed by atoms with E-state index in [4.69, 9.17) is 4.74 Å². The number of nitrogens with one attached hydrogen (secondary N) is 1. The van der Waals surface area contributed by atoms with Gasteiger partial charge in [-0.3, -0.25) is 4.79 Å². The van der Waals surface area contributed by atoms with Gasteiger partial charge in [0.1, 0.15) is 6.61 Å². The molecule has 1 amide bonds. The fraction of sp³-hybridized carbons (Fsp3) is 0.250. The SMILES string of the molecule is CC(=O)c1cccc(Nc2nccc(-c3sc(N4C(=O)OCC4C)nc3C)n2)c1. The van der Waals surface area contributed by atoms with E-state index in [2.05, 4.69) is 20.3 Å². The molecular weight excluding hydrogens is 390 g/mol. The second-order valence-corrected chi connectivity index (χ2v) is 7.71. The lowest BCUT2D eigenvalue weighted by molar-refractivity contribution is 0.101. The maximum atomic E-state index is 12.0.